The molecule has 150 valence electrons. The third-order valence-electron chi connectivity index (χ3n) is 5.35. The number of benzene rings is 1. The second-order valence-corrected chi connectivity index (χ2v) is 8.23. The predicted octanol–water partition coefficient (Wildman–Crippen LogP) is 3.78. The lowest BCUT2D eigenvalue weighted by Gasteiger charge is -2.21. The van der Waals surface area contributed by atoms with Crippen LogP contribution >= 0.6 is 11.8 Å². The molecule has 6 nitrogen and oxygen atoms in total. The van der Waals surface area contributed by atoms with Gasteiger partial charge in [0.05, 0.1) is 0 Å². The van der Waals surface area contributed by atoms with Crippen molar-refractivity contribution in [2.75, 3.05) is 32.4 Å². The molecule has 1 aromatic carbocycles. The minimum Gasteiger partial charge on any atom is -0.454 e. The van der Waals surface area contributed by atoms with Crippen LogP contribution in [0.25, 0.3) is 0 Å². The Morgan fingerprint density at radius 3 is 2.62 bits per heavy atom. The fourth-order valence-electron chi connectivity index (χ4n) is 3.61. The summed E-state index contributed by atoms with van der Waals surface area (Å²) in [4.78, 5) is 22.7. The van der Waals surface area contributed by atoms with Crippen LogP contribution in [-0.4, -0.2) is 59.2 Å². The van der Waals surface area contributed by atoms with Gasteiger partial charge in [0.15, 0.2) is 11.4 Å². The average molecular weight is 409 g/mol. The molecule has 1 saturated carbocycles. The molecule has 2 aromatic rings. The molecule has 0 radical (unpaired) electrons. The van der Waals surface area contributed by atoms with Crippen LogP contribution in [0.15, 0.2) is 41.3 Å². The smallest absolute Gasteiger partial charge is 0.272 e. The Labute approximate surface area is 175 Å². The van der Waals surface area contributed by atoms with E-state index in [1.807, 2.05) is 35.4 Å². The molecule has 2 heterocycles. The second kappa shape index (κ2) is 8.85. The van der Waals surface area contributed by atoms with Gasteiger partial charge in [-0.3, -0.25) is 9.69 Å². The van der Waals surface area contributed by atoms with Gasteiger partial charge in [-0.1, -0.05) is 0 Å². The summed E-state index contributed by atoms with van der Waals surface area (Å²) in [5.41, 5.74) is 0.422. The number of carbonyl (C=O) groups excluding carboxylic acids is 1. The lowest BCUT2D eigenvalue weighted by Crippen LogP contribution is -2.36. The molecule has 7 heteroatoms. The number of nitrogens with zero attached hydrogens (tertiary/aromatic N) is 4. The van der Waals surface area contributed by atoms with Gasteiger partial charge in [0.25, 0.3) is 5.91 Å². The summed E-state index contributed by atoms with van der Waals surface area (Å²) in [7, 11) is 0. The number of ether oxygens (including phenoxy) is 1. The van der Waals surface area contributed by atoms with Crippen LogP contribution in [0.4, 0.5) is 0 Å². The first-order chi connectivity index (χ1) is 14.2. The number of pyridine rings is 1. The quantitative estimate of drug-likeness (QED) is 0.702. The van der Waals surface area contributed by atoms with Crippen molar-refractivity contribution in [2.45, 2.75) is 30.2 Å². The summed E-state index contributed by atoms with van der Waals surface area (Å²) >= 11 is 1.65. The van der Waals surface area contributed by atoms with Crippen LogP contribution in [0.5, 0.6) is 11.5 Å². The number of amides is 1. The summed E-state index contributed by atoms with van der Waals surface area (Å²) in [5, 5.41) is 9.52. The predicted molar refractivity (Wildman–Crippen MR) is 112 cm³/mol. The van der Waals surface area contributed by atoms with Crippen LogP contribution in [0.2, 0.25) is 0 Å². The zero-order valence-electron chi connectivity index (χ0n) is 16.5. The Morgan fingerprint density at radius 2 is 1.93 bits per heavy atom. The van der Waals surface area contributed by atoms with Crippen LogP contribution < -0.4 is 4.74 Å². The number of hydrogen-bond acceptors (Lipinski definition) is 6. The molecule has 0 N–H and O–H groups in total. The molecule has 0 unspecified atom stereocenters. The molecule has 1 aliphatic carbocycles. The third-order valence-corrected chi connectivity index (χ3v) is 6.10. The fourth-order valence-corrected chi connectivity index (χ4v) is 4.01. The van der Waals surface area contributed by atoms with E-state index in [0.29, 0.717) is 23.7 Å². The highest BCUT2D eigenvalue weighted by Crippen LogP contribution is 2.28. The van der Waals surface area contributed by atoms with E-state index in [1.54, 1.807) is 23.9 Å². The van der Waals surface area contributed by atoms with Gasteiger partial charge in [0.2, 0.25) is 0 Å². The van der Waals surface area contributed by atoms with Gasteiger partial charge in [0, 0.05) is 37.1 Å². The number of aromatic nitrogens is 1. The molecule has 1 aliphatic heterocycles. The van der Waals surface area contributed by atoms with Gasteiger partial charge in [-0.15, -0.1) is 11.8 Å². The molecule has 1 saturated heterocycles. The van der Waals surface area contributed by atoms with Gasteiger partial charge in [0.1, 0.15) is 17.5 Å². The summed E-state index contributed by atoms with van der Waals surface area (Å²) in [6.07, 6.45) is 5.54. The molecule has 0 atom stereocenters. The lowest BCUT2D eigenvalue weighted by atomic mass is 10.2. The Kier molecular flexibility index (Phi) is 6.02. The van der Waals surface area contributed by atoms with Crippen molar-refractivity contribution < 1.29 is 9.53 Å². The Morgan fingerprint density at radius 1 is 1.14 bits per heavy atom. The van der Waals surface area contributed by atoms with E-state index in [1.165, 1.54) is 12.8 Å². The van der Waals surface area contributed by atoms with E-state index in [9.17, 15) is 10.1 Å². The molecular weight excluding hydrogens is 384 g/mol. The molecule has 29 heavy (non-hydrogen) atoms. The Balaban J connectivity index is 1.46. The maximum Gasteiger partial charge on any atom is 0.272 e. The van der Waals surface area contributed by atoms with Crippen molar-refractivity contribution in [1.29, 1.82) is 5.26 Å². The van der Waals surface area contributed by atoms with Crippen molar-refractivity contribution in [3.63, 3.8) is 0 Å². The molecule has 4 rings (SSSR count). The van der Waals surface area contributed by atoms with E-state index in [2.05, 4.69) is 16.0 Å². The summed E-state index contributed by atoms with van der Waals surface area (Å²) in [6.45, 7) is 3.40. The molecular formula is C22H24N4O2S. The largest absolute Gasteiger partial charge is 0.454 e. The highest BCUT2D eigenvalue weighted by Gasteiger charge is 2.31. The number of hydrogen-bond donors (Lipinski definition) is 0. The Hall–Kier alpha value is -2.56. The maximum atomic E-state index is 12.9. The zero-order chi connectivity index (χ0) is 20.2. The summed E-state index contributed by atoms with van der Waals surface area (Å²) < 4.78 is 5.82. The number of nitriles is 1. The van der Waals surface area contributed by atoms with Crippen molar-refractivity contribution in [1.82, 2.24) is 14.8 Å². The van der Waals surface area contributed by atoms with Crippen LogP contribution in [0.3, 0.4) is 0 Å². The first-order valence-corrected chi connectivity index (χ1v) is 11.2. The summed E-state index contributed by atoms with van der Waals surface area (Å²) in [5.74, 6) is 0.875. The van der Waals surface area contributed by atoms with Crippen molar-refractivity contribution in [3.05, 3.63) is 47.8 Å². The van der Waals surface area contributed by atoms with Crippen molar-refractivity contribution >= 4 is 17.7 Å². The van der Waals surface area contributed by atoms with E-state index >= 15 is 0 Å². The number of carbonyl (C=O) groups is 1. The number of thioether (sulfide) groups is 1. The van der Waals surface area contributed by atoms with E-state index in [4.69, 9.17) is 4.74 Å². The minimum absolute atomic E-state index is 0.116. The maximum absolute atomic E-state index is 12.9. The molecule has 0 spiro atoms. The zero-order valence-corrected chi connectivity index (χ0v) is 17.3. The number of rotatable bonds is 5. The van der Waals surface area contributed by atoms with Crippen molar-refractivity contribution in [2.24, 2.45) is 0 Å². The van der Waals surface area contributed by atoms with Gasteiger partial charge < -0.3 is 9.64 Å². The van der Waals surface area contributed by atoms with Gasteiger partial charge >= 0.3 is 0 Å². The standard InChI is InChI=1S/C22H24N4O2S/c1-29-18-7-5-17(6-8-18)28-21-10-9-19(24-20(21)15-23)22(27)26-12-2-11-25(13-14-26)16-3-4-16/h5-10,16H,2-4,11-14H2,1H3. The normalized spacial score (nSPS) is 17.4. The van der Waals surface area contributed by atoms with E-state index in [0.717, 1.165) is 37.0 Å². The van der Waals surface area contributed by atoms with Gasteiger partial charge in [-0.25, -0.2) is 4.98 Å². The van der Waals surface area contributed by atoms with Crippen LogP contribution in [0, 0.1) is 11.3 Å². The average Bonchev–Trinajstić information content (AvgIpc) is 3.60. The molecule has 2 aliphatic rings. The molecule has 1 amide bonds. The highest BCUT2D eigenvalue weighted by molar-refractivity contribution is 7.98. The first-order valence-electron chi connectivity index (χ1n) is 9.94. The van der Waals surface area contributed by atoms with Crippen LogP contribution in [0.1, 0.15) is 35.4 Å². The topological polar surface area (TPSA) is 69.5 Å². The van der Waals surface area contributed by atoms with Gasteiger partial charge in [-0.05, 0) is 61.9 Å². The fraction of sp³-hybridized carbons (Fsp3) is 0.409. The molecule has 1 aromatic heterocycles. The monoisotopic (exact) mass is 408 g/mol. The third kappa shape index (κ3) is 4.72. The summed E-state index contributed by atoms with van der Waals surface area (Å²) in [6, 6.07) is 13.7. The van der Waals surface area contributed by atoms with Crippen LogP contribution in [-0.2, 0) is 0 Å². The Bertz CT molecular complexity index is 921. The highest BCUT2D eigenvalue weighted by atomic mass is 32.2. The van der Waals surface area contributed by atoms with Gasteiger partial charge in [-0.2, -0.15) is 5.26 Å². The van der Waals surface area contributed by atoms with Crippen molar-refractivity contribution in [3.8, 4) is 17.6 Å². The van der Waals surface area contributed by atoms with E-state index in [-0.39, 0.29) is 11.6 Å². The van der Waals surface area contributed by atoms with E-state index < -0.39 is 0 Å². The SMILES string of the molecule is CSc1ccc(Oc2ccc(C(=O)N3CCCN(C4CC4)CC3)nc2C#N)cc1. The molecule has 2 fully saturated rings. The first kappa shape index (κ1) is 19.7. The minimum atomic E-state index is -0.116. The lowest BCUT2D eigenvalue weighted by molar-refractivity contribution is 0.0755. The second-order valence-electron chi connectivity index (χ2n) is 7.35. The molecule has 0 bridgehead atoms.